The Bertz CT molecular complexity index is 498. The van der Waals surface area contributed by atoms with Gasteiger partial charge in [0.15, 0.2) is 0 Å². The van der Waals surface area contributed by atoms with Crippen LogP contribution in [-0.4, -0.2) is 43.3 Å². The Kier molecular flexibility index (Phi) is 5.41. The molecule has 0 spiro atoms. The van der Waals surface area contributed by atoms with E-state index in [0.29, 0.717) is 11.6 Å². The molecule has 0 aromatic heterocycles. The van der Waals surface area contributed by atoms with Crippen LogP contribution < -0.4 is 5.32 Å². The summed E-state index contributed by atoms with van der Waals surface area (Å²) >= 11 is 3.38. The molecule has 5 heteroatoms. The van der Waals surface area contributed by atoms with Crippen LogP contribution in [0.3, 0.4) is 0 Å². The number of nitrogens with zero attached hydrogens (tertiary/aromatic N) is 2. The fraction of sp³-hybridized carbons (Fsp3) is 0.533. The summed E-state index contributed by atoms with van der Waals surface area (Å²) in [7, 11) is 0. The molecule has 0 radical (unpaired) electrons. The zero-order valence-corrected chi connectivity index (χ0v) is 13.5. The van der Waals surface area contributed by atoms with Crippen molar-refractivity contribution in [2.45, 2.75) is 26.0 Å². The minimum atomic E-state index is 0.168. The standard InChI is InChI=1S/C15H20BrN3O/c1-11(2)19-5-6-20-14(10-19)9-18-15-4-3-13(16)7-12(15)8-17/h3-4,7,11,14,18H,5-6,9-10H2,1-2H3. The van der Waals surface area contributed by atoms with Gasteiger partial charge < -0.3 is 10.1 Å². The summed E-state index contributed by atoms with van der Waals surface area (Å²) in [6.07, 6.45) is 0.168. The lowest BCUT2D eigenvalue weighted by molar-refractivity contribution is -0.0315. The van der Waals surface area contributed by atoms with E-state index in [0.717, 1.165) is 36.4 Å². The van der Waals surface area contributed by atoms with Crippen LogP contribution in [0.4, 0.5) is 5.69 Å². The van der Waals surface area contributed by atoms with Gasteiger partial charge in [-0.25, -0.2) is 0 Å². The maximum atomic E-state index is 9.14. The van der Waals surface area contributed by atoms with Crippen molar-refractivity contribution in [2.75, 3.05) is 31.6 Å². The predicted molar refractivity (Wildman–Crippen MR) is 83.8 cm³/mol. The van der Waals surface area contributed by atoms with Crippen LogP contribution in [-0.2, 0) is 4.74 Å². The van der Waals surface area contributed by atoms with E-state index >= 15 is 0 Å². The summed E-state index contributed by atoms with van der Waals surface area (Å²) in [6, 6.07) is 8.43. The minimum Gasteiger partial charge on any atom is -0.381 e. The number of halogens is 1. The Morgan fingerprint density at radius 2 is 2.35 bits per heavy atom. The third kappa shape index (κ3) is 3.95. The predicted octanol–water partition coefficient (Wildman–Crippen LogP) is 2.84. The first-order chi connectivity index (χ1) is 9.60. The lowest BCUT2D eigenvalue weighted by Gasteiger charge is -2.35. The number of hydrogen-bond acceptors (Lipinski definition) is 4. The van der Waals surface area contributed by atoms with E-state index in [1.807, 2.05) is 18.2 Å². The second-order valence-electron chi connectivity index (χ2n) is 5.26. The monoisotopic (exact) mass is 337 g/mol. The molecule has 1 saturated heterocycles. The molecule has 1 heterocycles. The molecule has 1 aromatic rings. The Balaban J connectivity index is 1.94. The molecule has 1 unspecified atom stereocenters. The number of morpholine rings is 1. The number of nitrogens with one attached hydrogen (secondary N) is 1. The van der Waals surface area contributed by atoms with Crippen molar-refractivity contribution in [1.29, 1.82) is 5.26 Å². The van der Waals surface area contributed by atoms with Crippen molar-refractivity contribution in [3.63, 3.8) is 0 Å². The van der Waals surface area contributed by atoms with Gasteiger partial charge in [-0.1, -0.05) is 15.9 Å². The summed E-state index contributed by atoms with van der Waals surface area (Å²) in [4.78, 5) is 2.42. The summed E-state index contributed by atoms with van der Waals surface area (Å²) < 4.78 is 6.70. The Morgan fingerprint density at radius 1 is 1.55 bits per heavy atom. The smallest absolute Gasteiger partial charge is 0.101 e. The molecule has 1 fully saturated rings. The second-order valence-corrected chi connectivity index (χ2v) is 6.18. The third-order valence-electron chi connectivity index (χ3n) is 3.52. The molecule has 1 atom stereocenters. The Morgan fingerprint density at radius 3 is 3.05 bits per heavy atom. The van der Waals surface area contributed by atoms with Crippen LogP contribution >= 0.6 is 15.9 Å². The van der Waals surface area contributed by atoms with Gasteiger partial charge in [-0.05, 0) is 32.0 Å². The highest BCUT2D eigenvalue weighted by atomic mass is 79.9. The van der Waals surface area contributed by atoms with Gasteiger partial charge in [-0.2, -0.15) is 5.26 Å². The number of rotatable bonds is 4. The maximum Gasteiger partial charge on any atom is 0.101 e. The van der Waals surface area contributed by atoms with Gasteiger partial charge >= 0.3 is 0 Å². The molecule has 0 aliphatic carbocycles. The lowest BCUT2D eigenvalue weighted by Crippen LogP contribution is -2.48. The molecular weight excluding hydrogens is 318 g/mol. The molecule has 0 bridgehead atoms. The fourth-order valence-corrected chi connectivity index (χ4v) is 2.68. The Labute approximate surface area is 128 Å². The van der Waals surface area contributed by atoms with Crippen molar-refractivity contribution in [2.24, 2.45) is 0 Å². The SMILES string of the molecule is CC(C)N1CCOC(CNc2ccc(Br)cc2C#N)C1. The summed E-state index contributed by atoms with van der Waals surface area (Å²) in [5.74, 6) is 0. The van der Waals surface area contributed by atoms with Gasteiger partial charge in [0.2, 0.25) is 0 Å². The van der Waals surface area contributed by atoms with E-state index in [-0.39, 0.29) is 6.10 Å². The van der Waals surface area contributed by atoms with Crippen LogP contribution in [0.15, 0.2) is 22.7 Å². The number of hydrogen-bond donors (Lipinski definition) is 1. The van der Waals surface area contributed by atoms with Crippen molar-refractivity contribution < 1.29 is 4.74 Å². The second kappa shape index (κ2) is 7.07. The van der Waals surface area contributed by atoms with Gasteiger partial charge in [0.1, 0.15) is 6.07 Å². The van der Waals surface area contributed by atoms with Gasteiger partial charge in [-0.3, -0.25) is 4.90 Å². The minimum absolute atomic E-state index is 0.168. The van der Waals surface area contributed by atoms with Crippen LogP contribution in [0.25, 0.3) is 0 Å². The molecule has 20 heavy (non-hydrogen) atoms. The summed E-state index contributed by atoms with van der Waals surface area (Å²) in [5.41, 5.74) is 1.51. The highest BCUT2D eigenvalue weighted by molar-refractivity contribution is 9.10. The van der Waals surface area contributed by atoms with E-state index in [1.54, 1.807) is 0 Å². The molecule has 0 saturated carbocycles. The molecule has 108 valence electrons. The number of benzene rings is 1. The first-order valence-electron chi connectivity index (χ1n) is 6.89. The van der Waals surface area contributed by atoms with Crippen molar-refractivity contribution in [3.8, 4) is 6.07 Å². The van der Waals surface area contributed by atoms with Crippen LogP contribution in [0, 0.1) is 11.3 Å². The Hall–Kier alpha value is -1.09. The van der Waals surface area contributed by atoms with E-state index in [2.05, 4.69) is 46.1 Å². The van der Waals surface area contributed by atoms with Gasteiger partial charge in [0, 0.05) is 30.1 Å². The molecular formula is C15H20BrN3O. The van der Waals surface area contributed by atoms with Gasteiger partial charge in [0.25, 0.3) is 0 Å². The zero-order valence-electron chi connectivity index (χ0n) is 11.9. The quantitative estimate of drug-likeness (QED) is 0.917. The van der Waals surface area contributed by atoms with E-state index < -0.39 is 0 Å². The number of ether oxygens (including phenoxy) is 1. The average molecular weight is 338 g/mol. The van der Waals surface area contributed by atoms with Crippen LogP contribution in [0.1, 0.15) is 19.4 Å². The molecule has 1 aromatic carbocycles. The lowest BCUT2D eigenvalue weighted by atomic mass is 10.2. The average Bonchev–Trinajstić information content (AvgIpc) is 2.46. The largest absolute Gasteiger partial charge is 0.381 e. The molecule has 4 nitrogen and oxygen atoms in total. The highest BCUT2D eigenvalue weighted by Crippen LogP contribution is 2.20. The van der Waals surface area contributed by atoms with E-state index in [4.69, 9.17) is 10.00 Å². The first kappa shape index (κ1) is 15.3. The number of nitriles is 1. The van der Waals surface area contributed by atoms with Crippen molar-refractivity contribution in [1.82, 2.24) is 4.90 Å². The zero-order chi connectivity index (χ0) is 14.5. The molecule has 2 rings (SSSR count). The van der Waals surface area contributed by atoms with Crippen molar-refractivity contribution >= 4 is 21.6 Å². The third-order valence-corrected chi connectivity index (χ3v) is 4.02. The molecule has 1 N–H and O–H groups in total. The fourth-order valence-electron chi connectivity index (χ4n) is 2.32. The van der Waals surface area contributed by atoms with Crippen LogP contribution in [0.2, 0.25) is 0 Å². The highest BCUT2D eigenvalue weighted by Gasteiger charge is 2.22. The molecule has 1 aliphatic heterocycles. The van der Waals surface area contributed by atoms with Gasteiger partial charge in [-0.15, -0.1) is 0 Å². The summed E-state index contributed by atoms with van der Waals surface area (Å²) in [6.45, 7) is 7.84. The number of anilines is 1. The first-order valence-corrected chi connectivity index (χ1v) is 7.68. The topological polar surface area (TPSA) is 48.3 Å². The molecule has 1 aliphatic rings. The maximum absolute atomic E-state index is 9.14. The summed E-state index contributed by atoms with van der Waals surface area (Å²) in [5, 5.41) is 12.5. The van der Waals surface area contributed by atoms with Crippen molar-refractivity contribution in [3.05, 3.63) is 28.2 Å². The van der Waals surface area contributed by atoms with E-state index in [9.17, 15) is 0 Å². The van der Waals surface area contributed by atoms with Gasteiger partial charge in [0.05, 0.1) is 24.0 Å². The van der Waals surface area contributed by atoms with E-state index in [1.165, 1.54) is 0 Å². The van der Waals surface area contributed by atoms with Crippen LogP contribution in [0.5, 0.6) is 0 Å². The molecule has 0 amide bonds. The normalized spacial score (nSPS) is 19.9.